The number of ether oxygens (including phenoxy) is 1. The minimum absolute atomic E-state index is 0.0164. The van der Waals surface area contributed by atoms with Gasteiger partial charge in [-0.15, -0.1) is 63.3 Å². The second-order valence-electron chi connectivity index (χ2n) is 25.1. The zero-order chi connectivity index (χ0) is 70.3. The lowest BCUT2D eigenvalue weighted by molar-refractivity contribution is -0.154. The van der Waals surface area contributed by atoms with Gasteiger partial charge in [-0.1, -0.05) is 106 Å². The first-order valence-corrected chi connectivity index (χ1v) is 42.4. The van der Waals surface area contributed by atoms with E-state index in [9.17, 15) is 54.3 Å². The van der Waals surface area contributed by atoms with Gasteiger partial charge in [-0.25, -0.2) is 9.59 Å². The number of carbonyl (C=O) groups excluding carboxylic acids is 4. The van der Waals surface area contributed by atoms with E-state index in [-0.39, 0.29) is 129 Å². The summed E-state index contributed by atoms with van der Waals surface area (Å²) in [6, 6.07) is 15.0. The molecule has 512 valence electrons. The summed E-state index contributed by atoms with van der Waals surface area (Å²) >= 11 is 5.83. The van der Waals surface area contributed by atoms with Gasteiger partial charge in [0, 0.05) is 75.5 Å². The number of hydrogen-bond acceptors (Lipinski definition) is 15. The zero-order valence-electron chi connectivity index (χ0n) is 56.0. The lowest BCUT2D eigenvalue weighted by atomic mass is 9.73. The Morgan fingerprint density at radius 1 is 0.760 bits per heavy atom. The first kappa shape index (κ1) is 80.1. The number of fused-ring (bicyclic) bond motifs is 1. The van der Waals surface area contributed by atoms with Crippen LogP contribution in [0, 0.1) is 23.7 Å². The van der Waals surface area contributed by atoms with Crippen LogP contribution in [0.4, 0.5) is 0 Å². The summed E-state index contributed by atoms with van der Waals surface area (Å²) in [5, 5.41) is 54.8. The number of phenols is 3. The number of thiophene rings is 2. The molecule has 0 saturated carbocycles. The molecule has 4 unspecified atom stereocenters. The smallest absolute Gasteiger partial charge is 0.354 e. The number of Topliss-reactive ketones (excluding diaryl/α,β-unsaturated/α-hetero) is 2. The number of aromatic hydroxyl groups is 3. The Morgan fingerprint density at radius 2 is 1.28 bits per heavy atom. The summed E-state index contributed by atoms with van der Waals surface area (Å²) in [7, 11) is 13.1. The number of aliphatic imine (C=N–C) groups is 1. The molecule has 2 aliphatic carbocycles. The largest absolute Gasteiger partial charge is 0.507 e. The van der Waals surface area contributed by atoms with Crippen LogP contribution in [0.15, 0.2) is 135 Å². The molecule has 0 bridgehead atoms. The number of β-lactam (4-membered cyclic amide) rings is 1. The van der Waals surface area contributed by atoms with E-state index in [0.29, 0.717) is 47.7 Å². The molecule has 1 amide bonds. The quantitative estimate of drug-likeness (QED) is 0.0112. The number of allylic oxidation sites excluding steroid dienone is 6. The van der Waals surface area contributed by atoms with Crippen molar-refractivity contribution in [1.82, 2.24) is 4.90 Å². The Labute approximate surface area is 594 Å². The van der Waals surface area contributed by atoms with Crippen molar-refractivity contribution in [3.8, 4) is 23.0 Å². The highest BCUT2D eigenvalue weighted by Crippen LogP contribution is 2.50. The summed E-state index contributed by atoms with van der Waals surface area (Å²) in [5.41, 5.74) is 8.74. The normalized spacial score (nSPS) is 21.1. The number of unbranched alkanes of at least 4 members (excludes halogenated alkanes) is 4. The van der Waals surface area contributed by atoms with Gasteiger partial charge >= 0.3 is 11.9 Å². The molecule has 0 spiro atoms. The molecular weight excluding hydrogens is 1360 g/mol. The molecule has 5 heterocycles. The predicted molar refractivity (Wildman–Crippen MR) is 410 cm³/mol. The Morgan fingerprint density at radius 3 is 1.77 bits per heavy atom. The molecule has 5 N–H and O–H groups in total. The highest BCUT2D eigenvalue weighted by Gasteiger charge is 2.54. The first-order chi connectivity index (χ1) is 45.8. The standard InChI is InChI=1S/C36H43NO6S2.C21H30O2.C15H16BNO4P2S2.BH3P2/c1-5-6-7-9-23-15-30(39)32(28-14-22(4)11-12-27(28)21(2)3)31(16-23)43-19-24-20-45-35-29(34(40)37(35)33(24)36(41)42)18-25(38)17-26-10-8-13-44-26;1-5-6-7-8-16-12-19(22)21(20(23)13-16)18-11-15(4)9-10-17(18)14(2)3;1-8-7-25-13(17-12(8)14(19)20)11(15(21)22-23-16)6-9(18)5-10-3-2-4-24-10;1-3-2/h8,10,13-16,27-29,35,39H,2,5-7,9,11-12,17-20H2,1,3-4H3,(H,41,42);11-13,17-18,22-23H,2,5-10H2,1,3-4H3;2-4,11,13,22-23H,1,5-7H2,(H,19,20);3H,2H2/t27-,28+,29+,35+;17-,18+;11-,13+;/m000./s1. The summed E-state index contributed by atoms with van der Waals surface area (Å²) < 4.78 is 6.45. The maximum absolute atomic E-state index is 13.3. The molecule has 5 aliphatic rings. The number of carbonyl (C=O) groups is 6. The summed E-state index contributed by atoms with van der Waals surface area (Å²) in [5.74, 6) is -1.65. The number of aliphatic carboxylic acids is 2. The van der Waals surface area contributed by atoms with Crippen LogP contribution in [0.2, 0.25) is 0 Å². The average Bonchev–Trinajstić information content (AvgIpc) is 0.815. The number of carboxylic acid groups (broad SMARTS) is 2. The van der Waals surface area contributed by atoms with Crippen LogP contribution >= 0.6 is 79.7 Å². The minimum atomic E-state index is -1.18. The molecule has 14 nitrogen and oxygen atoms in total. The molecule has 1 fully saturated rings. The Hall–Kier alpha value is -4.88. The fourth-order valence-electron chi connectivity index (χ4n) is 12.8. The lowest BCUT2D eigenvalue weighted by Gasteiger charge is -2.49. The maximum Gasteiger partial charge on any atom is 0.354 e. The molecule has 24 heteroatoms. The number of phenolic OH excluding ortho intramolecular Hbond substituents is 3. The molecule has 3 aliphatic heterocycles. The SMILES string of the molecule is C=C(C)[C@@H]1CCC(C)=C[C@H]1c1c(O)cc(CCCCC)cc1O.C=C(C)[C@@H]1CCC(C)=C[C@H]1c1c(O)cc(CCCCC)cc1OCC1=C(C(=O)O)N2C(=O)[C@@H](CC(=O)Cc3cccs3)[C@H]2SC1.[B]PP.[B]PPC(=O)[C@@H](CC(=O)Cc1cccs1)[C@@H]1N=C(C(=O)O)C(=C)CS1. The molecule has 12 atom stereocenters. The number of hydrogen-bond donors (Lipinski definition) is 5. The van der Waals surface area contributed by atoms with E-state index in [1.165, 1.54) is 75.1 Å². The molecule has 4 aromatic rings. The molecule has 96 heavy (non-hydrogen) atoms. The predicted octanol–water partition coefficient (Wildman–Crippen LogP) is 16.9. The molecule has 2 aromatic heterocycles. The maximum atomic E-state index is 13.3. The van der Waals surface area contributed by atoms with E-state index in [4.69, 9.17) is 19.9 Å². The van der Waals surface area contributed by atoms with Crippen molar-refractivity contribution in [3.05, 3.63) is 162 Å². The molecule has 1 saturated heterocycles. The van der Waals surface area contributed by atoms with E-state index >= 15 is 0 Å². The Balaban J connectivity index is 0.000000242. The minimum Gasteiger partial charge on any atom is -0.507 e. The molecule has 2 aromatic carbocycles. The molecular formula is C72H92B2N2O12P4S4. The van der Waals surface area contributed by atoms with Crippen LogP contribution in [0.5, 0.6) is 23.0 Å². The number of rotatable bonds is 29. The van der Waals surface area contributed by atoms with Crippen LogP contribution in [0.3, 0.4) is 0 Å². The number of amides is 1. The van der Waals surface area contributed by atoms with Gasteiger partial charge in [-0.3, -0.25) is 29.1 Å². The van der Waals surface area contributed by atoms with Crippen LogP contribution in [-0.4, -0.2) is 115 Å². The summed E-state index contributed by atoms with van der Waals surface area (Å²) in [4.78, 5) is 82.1. The number of carboxylic acids is 2. The average molecular weight is 1450 g/mol. The van der Waals surface area contributed by atoms with Crippen molar-refractivity contribution in [2.45, 2.75) is 167 Å². The van der Waals surface area contributed by atoms with Gasteiger partial charge in [0.2, 0.25) is 5.91 Å². The fourth-order valence-corrected chi connectivity index (χ4v) is 18.4. The van der Waals surface area contributed by atoms with Crippen molar-refractivity contribution in [3.63, 3.8) is 0 Å². The molecule has 9 rings (SSSR count). The van der Waals surface area contributed by atoms with Gasteiger partial charge in [-0.05, 0) is 163 Å². The van der Waals surface area contributed by atoms with Crippen molar-refractivity contribution >= 4 is 135 Å². The van der Waals surface area contributed by atoms with Crippen molar-refractivity contribution in [1.29, 1.82) is 0 Å². The van der Waals surface area contributed by atoms with E-state index in [0.717, 1.165) is 96.2 Å². The highest BCUT2D eigenvalue weighted by molar-refractivity contribution is 8.28. The topological polar surface area (TPSA) is 228 Å². The van der Waals surface area contributed by atoms with Crippen molar-refractivity contribution in [2.75, 3.05) is 18.1 Å². The third kappa shape index (κ3) is 22.6. The number of benzene rings is 2. The highest BCUT2D eigenvalue weighted by atomic mass is 32.2. The van der Waals surface area contributed by atoms with Gasteiger partial charge in [0.1, 0.15) is 73.1 Å². The van der Waals surface area contributed by atoms with Crippen LogP contribution in [0.25, 0.3) is 0 Å². The number of ketones is 2. The van der Waals surface area contributed by atoms with E-state index in [1.807, 2.05) is 73.1 Å². The molecule has 4 radical (unpaired) electrons. The van der Waals surface area contributed by atoms with E-state index in [2.05, 4.69) is 73.5 Å². The van der Waals surface area contributed by atoms with Gasteiger partial charge in [-0.2, -0.15) is 8.15 Å². The third-order valence-electron chi connectivity index (χ3n) is 17.6. The fraction of sp³-hybridized carbons (Fsp3) is 0.458. The van der Waals surface area contributed by atoms with Crippen LogP contribution in [0.1, 0.15) is 162 Å². The van der Waals surface area contributed by atoms with Gasteiger partial charge in [0.15, 0.2) is 5.52 Å². The zero-order valence-corrected chi connectivity index (χ0v) is 63.4. The van der Waals surface area contributed by atoms with Gasteiger partial charge in [0.05, 0.1) is 17.2 Å². The third-order valence-corrected chi connectivity index (χ3v) is 24.0. The number of nitrogens with zero attached hydrogens (tertiary/aromatic N) is 2. The van der Waals surface area contributed by atoms with Gasteiger partial charge in [0.25, 0.3) is 0 Å². The monoisotopic (exact) mass is 1450 g/mol. The summed E-state index contributed by atoms with van der Waals surface area (Å²) in [6.45, 7) is 24.6. The van der Waals surface area contributed by atoms with E-state index < -0.39 is 29.1 Å². The Bertz CT molecular complexity index is 3530. The number of thioether (sulfide) groups is 2. The van der Waals surface area contributed by atoms with Crippen molar-refractivity contribution in [2.24, 2.45) is 28.7 Å². The second kappa shape index (κ2) is 39.8. The number of aryl methyl sites for hydroxylation is 2. The lowest BCUT2D eigenvalue weighted by Crippen LogP contribution is -2.62. The van der Waals surface area contributed by atoms with Crippen molar-refractivity contribution < 1.29 is 59.0 Å². The first-order valence-electron chi connectivity index (χ1n) is 32.6. The Kier molecular flexibility index (Phi) is 33.2. The second-order valence-corrected chi connectivity index (χ2v) is 33.4. The summed E-state index contributed by atoms with van der Waals surface area (Å²) in [6.07, 6.45) is 17.4. The van der Waals surface area contributed by atoms with E-state index in [1.54, 1.807) is 0 Å². The van der Waals surface area contributed by atoms with Gasteiger partial charge < -0.3 is 30.3 Å². The van der Waals surface area contributed by atoms with Crippen LogP contribution in [-0.2, 0) is 54.5 Å². The van der Waals surface area contributed by atoms with Crippen LogP contribution < -0.4 is 4.74 Å².